The van der Waals surface area contributed by atoms with Crippen molar-refractivity contribution in [2.45, 2.75) is 4.87 Å². The number of nitrogens with zero attached hydrogens (tertiary/aromatic N) is 1. The Hall–Kier alpha value is -0.670. The number of halogens is 2. The van der Waals surface area contributed by atoms with E-state index in [4.69, 9.17) is 28.5 Å². The van der Waals surface area contributed by atoms with Crippen LogP contribution in [0.5, 0.6) is 0 Å². The molecule has 1 heterocycles. The van der Waals surface area contributed by atoms with E-state index in [-0.39, 0.29) is 0 Å². The molecule has 0 saturated carbocycles. The van der Waals surface area contributed by atoms with Crippen LogP contribution < -0.4 is 0 Å². The normalized spacial score (nSPS) is 20.4. The Morgan fingerprint density at radius 3 is 2.27 bits per heavy atom. The molecule has 0 amide bonds. The van der Waals surface area contributed by atoms with Crippen LogP contribution >= 0.6 is 23.4 Å². The second-order valence-electron chi connectivity index (χ2n) is 2.05. The van der Waals surface area contributed by atoms with E-state index in [9.17, 15) is 4.79 Å². The Labute approximate surface area is 73.6 Å². The molecular formula is C6H5Cl2NO2. The molecule has 0 aromatic rings. The Morgan fingerprint density at radius 1 is 1.45 bits per heavy atom. The smallest absolute Gasteiger partial charge is 0.332 e. The van der Waals surface area contributed by atoms with Crippen LogP contribution in [-0.4, -0.2) is 20.4 Å². The first-order chi connectivity index (χ1) is 5.04. The van der Waals surface area contributed by atoms with Crippen molar-refractivity contribution in [2.75, 3.05) is 0 Å². The lowest BCUT2D eigenvalue weighted by molar-refractivity contribution is -0.137. The summed E-state index contributed by atoms with van der Waals surface area (Å²) in [5, 5.41) is 8.59. The van der Waals surface area contributed by atoms with E-state index in [0.717, 1.165) is 0 Å². The summed E-state index contributed by atoms with van der Waals surface area (Å²) in [4.78, 5) is 9.05. The standard InChI is InChI=1S/C6H5Cl2NO2/c7-6(5(10)11)1-3-9(8)4-2-6/h1-4H,(H,10,11). The van der Waals surface area contributed by atoms with Crippen LogP contribution in [0.2, 0.25) is 0 Å². The van der Waals surface area contributed by atoms with Gasteiger partial charge in [-0.25, -0.2) is 4.79 Å². The molecule has 0 aromatic carbocycles. The third-order valence-electron chi connectivity index (χ3n) is 1.25. The molecule has 0 saturated heterocycles. The minimum absolute atomic E-state index is 1.11. The van der Waals surface area contributed by atoms with Gasteiger partial charge in [-0.1, -0.05) is 11.6 Å². The fourth-order valence-corrected chi connectivity index (χ4v) is 0.833. The molecule has 0 atom stereocenters. The summed E-state index contributed by atoms with van der Waals surface area (Å²) in [5.41, 5.74) is 0. The van der Waals surface area contributed by atoms with E-state index in [1.807, 2.05) is 0 Å². The zero-order valence-electron chi connectivity index (χ0n) is 5.37. The number of hydrogen-bond acceptors (Lipinski definition) is 2. The molecule has 3 nitrogen and oxygen atoms in total. The monoisotopic (exact) mass is 193 g/mol. The van der Waals surface area contributed by atoms with Gasteiger partial charge in [0.2, 0.25) is 0 Å². The largest absolute Gasteiger partial charge is 0.479 e. The van der Waals surface area contributed by atoms with Crippen LogP contribution in [-0.2, 0) is 4.79 Å². The third kappa shape index (κ3) is 1.67. The first-order valence-electron chi connectivity index (χ1n) is 2.80. The molecule has 0 radical (unpaired) electrons. The summed E-state index contributed by atoms with van der Waals surface area (Å²) >= 11 is 11.1. The molecule has 1 N–H and O–H groups in total. The molecule has 0 fully saturated rings. The van der Waals surface area contributed by atoms with Gasteiger partial charge in [-0.2, -0.15) is 0 Å². The van der Waals surface area contributed by atoms with E-state index in [1.165, 1.54) is 29.0 Å². The van der Waals surface area contributed by atoms with Gasteiger partial charge in [0.15, 0.2) is 4.87 Å². The number of carboxylic acid groups (broad SMARTS) is 1. The highest BCUT2D eigenvalue weighted by Crippen LogP contribution is 2.24. The van der Waals surface area contributed by atoms with Crippen molar-refractivity contribution in [1.82, 2.24) is 4.42 Å². The predicted molar refractivity (Wildman–Crippen MR) is 42.2 cm³/mol. The lowest BCUT2D eigenvalue weighted by Crippen LogP contribution is -2.29. The SMILES string of the molecule is O=C(O)C1(Cl)C=CN(Cl)C=C1. The highest BCUT2D eigenvalue weighted by Gasteiger charge is 2.32. The summed E-state index contributed by atoms with van der Waals surface area (Å²) in [7, 11) is 0. The molecule has 0 aromatic heterocycles. The van der Waals surface area contributed by atoms with E-state index in [2.05, 4.69) is 0 Å². The topological polar surface area (TPSA) is 40.5 Å². The Kier molecular flexibility index (Phi) is 2.11. The molecule has 1 aliphatic heterocycles. The Balaban J connectivity index is 2.85. The van der Waals surface area contributed by atoms with Crippen molar-refractivity contribution in [1.29, 1.82) is 0 Å². The zero-order valence-corrected chi connectivity index (χ0v) is 6.88. The summed E-state index contributed by atoms with van der Waals surface area (Å²) in [6.45, 7) is 0. The number of aliphatic carboxylic acids is 1. The minimum Gasteiger partial charge on any atom is -0.479 e. The van der Waals surface area contributed by atoms with Crippen LogP contribution in [0.3, 0.4) is 0 Å². The summed E-state index contributed by atoms with van der Waals surface area (Å²) < 4.78 is 1.20. The lowest BCUT2D eigenvalue weighted by atomic mass is 10.1. The van der Waals surface area contributed by atoms with Gasteiger partial charge >= 0.3 is 5.97 Å². The highest BCUT2D eigenvalue weighted by molar-refractivity contribution is 6.37. The number of carbonyl (C=O) groups is 1. The summed E-state index contributed by atoms with van der Waals surface area (Å²) in [6, 6.07) is 0. The molecule has 0 bridgehead atoms. The second kappa shape index (κ2) is 2.75. The van der Waals surface area contributed by atoms with Crippen LogP contribution in [0, 0.1) is 0 Å². The highest BCUT2D eigenvalue weighted by atomic mass is 35.5. The zero-order chi connectivity index (χ0) is 8.48. The molecule has 0 unspecified atom stereocenters. The van der Waals surface area contributed by atoms with Crippen LogP contribution in [0.1, 0.15) is 0 Å². The quantitative estimate of drug-likeness (QED) is 0.508. The van der Waals surface area contributed by atoms with Crippen LogP contribution in [0.25, 0.3) is 0 Å². The Bertz CT molecular complexity index is 223. The van der Waals surface area contributed by atoms with Gasteiger partial charge in [-0.3, -0.25) is 4.42 Å². The van der Waals surface area contributed by atoms with Gasteiger partial charge in [0.05, 0.1) is 0 Å². The summed E-state index contributed by atoms with van der Waals surface area (Å²) in [6.07, 6.45) is 5.35. The van der Waals surface area contributed by atoms with Gasteiger partial charge in [-0.05, 0) is 12.2 Å². The molecule has 5 heteroatoms. The minimum atomic E-state index is -1.44. The maximum absolute atomic E-state index is 10.5. The van der Waals surface area contributed by atoms with E-state index in [1.54, 1.807) is 0 Å². The van der Waals surface area contributed by atoms with Crippen molar-refractivity contribution in [3.8, 4) is 0 Å². The fourth-order valence-electron chi connectivity index (χ4n) is 0.607. The van der Waals surface area contributed by atoms with Gasteiger partial charge in [0.1, 0.15) is 0 Å². The first kappa shape index (κ1) is 8.43. The van der Waals surface area contributed by atoms with E-state index in [0.29, 0.717) is 0 Å². The third-order valence-corrected chi connectivity index (χ3v) is 1.89. The molecule has 1 aliphatic rings. The van der Waals surface area contributed by atoms with E-state index < -0.39 is 10.8 Å². The average molecular weight is 194 g/mol. The van der Waals surface area contributed by atoms with Gasteiger partial charge in [0, 0.05) is 24.2 Å². The van der Waals surface area contributed by atoms with Gasteiger partial charge in [0.25, 0.3) is 0 Å². The molecule has 60 valence electrons. The maximum Gasteiger partial charge on any atom is 0.332 e. The molecule has 0 aliphatic carbocycles. The molecule has 1 rings (SSSR count). The maximum atomic E-state index is 10.5. The number of rotatable bonds is 1. The Morgan fingerprint density at radius 2 is 1.91 bits per heavy atom. The van der Waals surface area contributed by atoms with Crippen molar-refractivity contribution in [3.05, 3.63) is 24.6 Å². The van der Waals surface area contributed by atoms with Crippen molar-refractivity contribution < 1.29 is 9.90 Å². The van der Waals surface area contributed by atoms with E-state index >= 15 is 0 Å². The van der Waals surface area contributed by atoms with Crippen LogP contribution in [0.4, 0.5) is 0 Å². The lowest BCUT2D eigenvalue weighted by Gasteiger charge is -2.18. The predicted octanol–water partition coefficient (Wildman–Crippen LogP) is 1.55. The van der Waals surface area contributed by atoms with Crippen molar-refractivity contribution >= 4 is 29.3 Å². The molecular weight excluding hydrogens is 189 g/mol. The van der Waals surface area contributed by atoms with Crippen molar-refractivity contribution in [2.24, 2.45) is 0 Å². The molecule has 0 spiro atoms. The molecule has 11 heavy (non-hydrogen) atoms. The fraction of sp³-hybridized carbons (Fsp3) is 0.167. The van der Waals surface area contributed by atoms with Gasteiger partial charge < -0.3 is 5.11 Å². The van der Waals surface area contributed by atoms with Gasteiger partial charge in [-0.15, -0.1) is 0 Å². The number of hydrogen-bond donors (Lipinski definition) is 1. The summed E-state index contributed by atoms with van der Waals surface area (Å²) in [5.74, 6) is -1.11. The van der Waals surface area contributed by atoms with Crippen LogP contribution in [0.15, 0.2) is 24.6 Å². The number of alkyl halides is 1. The average Bonchev–Trinajstić information content (AvgIpc) is 1.95. The van der Waals surface area contributed by atoms with Crippen molar-refractivity contribution in [3.63, 3.8) is 0 Å². The number of carboxylic acids is 1. The second-order valence-corrected chi connectivity index (χ2v) is 3.06. The first-order valence-corrected chi connectivity index (χ1v) is 3.51.